The summed E-state index contributed by atoms with van der Waals surface area (Å²) in [6.45, 7) is 3.72. The second kappa shape index (κ2) is 5.91. The second-order valence-corrected chi connectivity index (χ2v) is 4.85. The predicted molar refractivity (Wildman–Crippen MR) is 63.1 cm³/mol. The van der Waals surface area contributed by atoms with Crippen molar-refractivity contribution < 1.29 is 18.0 Å². The smallest absolute Gasteiger partial charge is 0.333 e. The number of halogens is 3. The number of piperidine rings is 1. The first kappa shape index (κ1) is 15.3. The SMILES string of the molecule is CCN(CC(F)(F)F)C(=O)C1(CC)CCCNC1. The van der Waals surface area contributed by atoms with Gasteiger partial charge in [-0.3, -0.25) is 4.79 Å². The molecule has 1 heterocycles. The first-order valence-electron chi connectivity index (χ1n) is 6.41. The number of alkyl halides is 3. The van der Waals surface area contributed by atoms with E-state index in [0.29, 0.717) is 19.4 Å². The van der Waals surface area contributed by atoms with Crippen molar-refractivity contribution in [1.82, 2.24) is 10.2 Å². The van der Waals surface area contributed by atoms with Crippen LogP contribution in [0.4, 0.5) is 13.2 Å². The van der Waals surface area contributed by atoms with Gasteiger partial charge in [0.15, 0.2) is 0 Å². The topological polar surface area (TPSA) is 32.3 Å². The van der Waals surface area contributed by atoms with E-state index >= 15 is 0 Å². The Morgan fingerprint density at radius 3 is 2.44 bits per heavy atom. The molecule has 1 fully saturated rings. The summed E-state index contributed by atoms with van der Waals surface area (Å²) in [6.07, 6.45) is -2.25. The minimum absolute atomic E-state index is 0.0973. The number of rotatable bonds is 4. The molecular weight excluding hydrogens is 245 g/mol. The lowest BCUT2D eigenvalue weighted by Crippen LogP contribution is -2.53. The predicted octanol–water partition coefficient (Wildman–Crippen LogP) is 2.18. The number of carbonyl (C=O) groups excluding carboxylic acids is 1. The van der Waals surface area contributed by atoms with Crippen LogP contribution in [-0.4, -0.2) is 43.2 Å². The standard InChI is InChI=1S/C12H21F3N2O/c1-3-11(6-5-7-16-8-11)10(18)17(4-2)9-12(13,14)15/h16H,3-9H2,1-2H3. The minimum atomic E-state index is -4.33. The highest BCUT2D eigenvalue weighted by Gasteiger charge is 2.43. The highest BCUT2D eigenvalue weighted by atomic mass is 19.4. The molecule has 1 amide bonds. The molecule has 0 aromatic rings. The van der Waals surface area contributed by atoms with E-state index in [1.54, 1.807) is 6.92 Å². The monoisotopic (exact) mass is 266 g/mol. The molecule has 3 nitrogen and oxygen atoms in total. The molecule has 0 spiro atoms. The van der Waals surface area contributed by atoms with Gasteiger partial charge < -0.3 is 10.2 Å². The fraction of sp³-hybridized carbons (Fsp3) is 0.917. The number of carbonyl (C=O) groups is 1. The highest BCUT2D eigenvalue weighted by Crippen LogP contribution is 2.33. The number of hydrogen-bond donors (Lipinski definition) is 1. The molecule has 0 aliphatic carbocycles. The van der Waals surface area contributed by atoms with Crippen molar-refractivity contribution in [3.8, 4) is 0 Å². The van der Waals surface area contributed by atoms with E-state index in [1.165, 1.54) is 0 Å². The summed E-state index contributed by atoms with van der Waals surface area (Å²) in [5, 5.41) is 3.12. The molecule has 1 saturated heterocycles. The first-order chi connectivity index (χ1) is 8.34. The van der Waals surface area contributed by atoms with Crippen LogP contribution in [-0.2, 0) is 4.79 Å². The van der Waals surface area contributed by atoms with Gasteiger partial charge in [0.25, 0.3) is 0 Å². The summed E-state index contributed by atoms with van der Waals surface area (Å²) >= 11 is 0. The van der Waals surface area contributed by atoms with Crippen LogP contribution in [0.3, 0.4) is 0 Å². The molecule has 1 aliphatic heterocycles. The molecule has 106 valence electrons. The molecule has 1 unspecified atom stereocenters. The lowest BCUT2D eigenvalue weighted by molar-refractivity contribution is -0.168. The molecule has 1 aliphatic rings. The molecule has 0 radical (unpaired) electrons. The van der Waals surface area contributed by atoms with Crippen molar-refractivity contribution >= 4 is 5.91 Å². The van der Waals surface area contributed by atoms with Crippen LogP contribution in [0.15, 0.2) is 0 Å². The van der Waals surface area contributed by atoms with Gasteiger partial charge in [-0.2, -0.15) is 13.2 Å². The molecule has 0 aromatic heterocycles. The Balaban J connectivity index is 2.80. The van der Waals surface area contributed by atoms with Gasteiger partial charge in [0.2, 0.25) is 5.91 Å². The zero-order valence-electron chi connectivity index (χ0n) is 10.9. The molecule has 18 heavy (non-hydrogen) atoms. The van der Waals surface area contributed by atoms with Crippen molar-refractivity contribution in [3.05, 3.63) is 0 Å². The average Bonchev–Trinajstić information content (AvgIpc) is 2.35. The molecule has 1 atom stereocenters. The third-order valence-electron chi connectivity index (χ3n) is 3.64. The van der Waals surface area contributed by atoms with E-state index in [0.717, 1.165) is 17.9 Å². The van der Waals surface area contributed by atoms with Crippen molar-refractivity contribution in [3.63, 3.8) is 0 Å². The van der Waals surface area contributed by atoms with E-state index < -0.39 is 18.1 Å². The summed E-state index contributed by atoms with van der Waals surface area (Å²) in [7, 11) is 0. The van der Waals surface area contributed by atoms with Gasteiger partial charge in [-0.1, -0.05) is 6.92 Å². The largest absolute Gasteiger partial charge is 0.406 e. The summed E-state index contributed by atoms with van der Waals surface area (Å²) in [5.74, 6) is -0.364. The Hall–Kier alpha value is -0.780. The zero-order valence-corrected chi connectivity index (χ0v) is 10.9. The van der Waals surface area contributed by atoms with E-state index in [9.17, 15) is 18.0 Å². The van der Waals surface area contributed by atoms with Crippen molar-refractivity contribution in [2.45, 2.75) is 39.3 Å². The molecule has 0 bridgehead atoms. The van der Waals surface area contributed by atoms with Gasteiger partial charge in [0.1, 0.15) is 6.54 Å². The van der Waals surface area contributed by atoms with Gasteiger partial charge in [0.05, 0.1) is 5.41 Å². The molecule has 6 heteroatoms. The van der Waals surface area contributed by atoms with Crippen LogP contribution in [0.2, 0.25) is 0 Å². The molecule has 0 aromatic carbocycles. The van der Waals surface area contributed by atoms with Crippen LogP contribution < -0.4 is 5.32 Å². The third-order valence-corrected chi connectivity index (χ3v) is 3.64. The molecule has 0 saturated carbocycles. The second-order valence-electron chi connectivity index (χ2n) is 4.85. The summed E-state index contributed by atoms with van der Waals surface area (Å²) < 4.78 is 37.3. The van der Waals surface area contributed by atoms with E-state index in [1.807, 2.05) is 6.92 Å². The fourth-order valence-electron chi connectivity index (χ4n) is 2.48. The maximum atomic E-state index is 12.4. The minimum Gasteiger partial charge on any atom is -0.333 e. The lowest BCUT2D eigenvalue weighted by atomic mass is 9.77. The third kappa shape index (κ3) is 3.60. The van der Waals surface area contributed by atoms with E-state index in [-0.39, 0.29) is 12.5 Å². The molecule has 1 N–H and O–H groups in total. The zero-order chi connectivity index (χ0) is 13.8. The van der Waals surface area contributed by atoms with Crippen LogP contribution in [0.1, 0.15) is 33.1 Å². The summed E-state index contributed by atoms with van der Waals surface area (Å²) in [5.41, 5.74) is -0.653. The van der Waals surface area contributed by atoms with Crippen molar-refractivity contribution in [2.24, 2.45) is 5.41 Å². The quantitative estimate of drug-likeness (QED) is 0.846. The number of nitrogens with zero attached hydrogens (tertiary/aromatic N) is 1. The van der Waals surface area contributed by atoms with Crippen LogP contribution in [0, 0.1) is 5.41 Å². The van der Waals surface area contributed by atoms with Crippen LogP contribution in [0.5, 0.6) is 0 Å². The molecular formula is C12H21F3N2O. The van der Waals surface area contributed by atoms with Gasteiger partial charge in [-0.15, -0.1) is 0 Å². The van der Waals surface area contributed by atoms with Crippen molar-refractivity contribution in [2.75, 3.05) is 26.2 Å². The van der Waals surface area contributed by atoms with Gasteiger partial charge >= 0.3 is 6.18 Å². The Bertz CT molecular complexity index is 286. The van der Waals surface area contributed by atoms with Crippen LogP contribution in [0.25, 0.3) is 0 Å². The number of amides is 1. The summed E-state index contributed by atoms with van der Waals surface area (Å²) in [4.78, 5) is 13.3. The fourth-order valence-corrected chi connectivity index (χ4v) is 2.48. The number of hydrogen-bond acceptors (Lipinski definition) is 2. The normalized spacial score (nSPS) is 24.9. The average molecular weight is 266 g/mol. The lowest BCUT2D eigenvalue weighted by Gasteiger charge is -2.39. The Morgan fingerprint density at radius 2 is 2.06 bits per heavy atom. The van der Waals surface area contributed by atoms with Gasteiger partial charge in [0, 0.05) is 13.1 Å². The number of nitrogens with one attached hydrogen (secondary N) is 1. The van der Waals surface area contributed by atoms with Crippen molar-refractivity contribution in [1.29, 1.82) is 0 Å². The van der Waals surface area contributed by atoms with E-state index in [2.05, 4.69) is 5.32 Å². The Labute approximate surface area is 106 Å². The van der Waals surface area contributed by atoms with E-state index in [4.69, 9.17) is 0 Å². The Morgan fingerprint density at radius 1 is 1.39 bits per heavy atom. The van der Waals surface area contributed by atoms with Gasteiger partial charge in [-0.05, 0) is 32.7 Å². The maximum Gasteiger partial charge on any atom is 0.406 e. The summed E-state index contributed by atoms with van der Waals surface area (Å²) in [6, 6.07) is 0. The van der Waals surface area contributed by atoms with Gasteiger partial charge in [-0.25, -0.2) is 0 Å². The van der Waals surface area contributed by atoms with Crippen LogP contribution >= 0.6 is 0 Å². The first-order valence-corrected chi connectivity index (χ1v) is 6.41. The molecule has 1 rings (SSSR count). The Kier molecular flexibility index (Phi) is 5.01. The highest BCUT2D eigenvalue weighted by molar-refractivity contribution is 5.83. The maximum absolute atomic E-state index is 12.4.